The lowest BCUT2D eigenvalue weighted by molar-refractivity contribution is -0.122. The van der Waals surface area contributed by atoms with E-state index in [9.17, 15) is 4.79 Å². The molecule has 0 bridgehead atoms. The smallest absolute Gasteiger partial charge is 0.234 e. The molecule has 0 unspecified atom stereocenters. The fourth-order valence-corrected chi connectivity index (χ4v) is 3.95. The zero-order valence-corrected chi connectivity index (χ0v) is 14.4. The fraction of sp³-hybridized carbons (Fsp3) is 0.611. The van der Waals surface area contributed by atoms with Crippen LogP contribution in [0.25, 0.3) is 0 Å². The standard InChI is InChI=1S/C18H27N3O.ClH/c19-10-15-11-21(12-17(15)14-6-2-1-3-7-14)13-18(22)20-16-8-4-5-9-16;/h1-3,6-7,15-17H,4-5,8-13,19H2,(H,20,22);1H/t15-,17+;/m1./s1. The van der Waals surface area contributed by atoms with Gasteiger partial charge in [-0.05, 0) is 30.9 Å². The van der Waals surface area contributed by atoms with Gasteiger partial charge < -0.3 is 11.1 Å². The first-order valence-electron chi connectivity index (χ1n) is 8.53. The topological polar surface area (TPSA) is 58.4 Å². The van der Waals surface area contributed by atoms with Crippen LogP contribution in [0.5, 0.6) is 0 Å². The number of rotatable bonds is 5. The predicted molar refractivity (Wildman–Crippen MR) is 95.8 cm³/mol. The van der Waals surface area contributed by atoms with Crippen molar-refractivity contribution in [3.63, 3.8) is 0 Å². The van der Waals surface area contributed by atoms with E-state index in [4.69, 9.17) is 5.73 Å². The van der Waals surface area contributed by atoms with E-state index < -0.39 is 0 Å². The molecule has 2 fully saturated rings. The Morgan fingerprint density at radius 1 is 1.17 bits per heavy atom. The molecule has 0 aromatic heterocycles. The summed E-state index contributed by atoms with van der Waals surface area (Å²) in [5.74, 6) is 1.07. The number of nitrogens with one attached hydrogen (secondary N) is 1. The molecule has 1 saturated carbocycles. The number of halogens is 1. The average Bonchev–Trinajstić information content (AvgIpc) is 3.17. The minimum Gasteiger partial charge on any atom is -0.352 e. The minimum absolute atomic E-state index is 0. The lowest BCUT2D eigenvalue weighted by Crippen LogP contribution is -2.40. The molecule has 1 aromatic rings. The molecule has 1 aliphatic carbocycles. The fourth-order valence-electron chi connectivity index (χ4n) is 3.95. The number of carbonyl (C=O) groups is 1. The summed E-state index contributed by atoms with van der Waals surface area (Å²) in [6.45, 7) is 3.05. The summed E-state index contributed by atoms with van der Waals surface area (Å²) >= 11 is 0. The zero-order valence-electron chi connectivity index (χ0n) is 13.6. The maximum absolute atomic E-state index is 12.2. The van der Waals surface area contributed by atoms with Gasteiger partial charge in [0.05, 0.1) is 6.54 Å². The van der Waals surface area contributed by atoms with Crippen LogP contribution in [0.15, 0.2) is 30.3 Å². The van der Waals surface area contributed by atoms with Crippen LogP contribution in [0.1, 0.15) is 37.2 Å². The van der Waals surface area contributed by atoms with E-state index in [1.165, 1.54) is 18.4 Å². The first-order chi connectivity index (χ1) is 10.8. The van der Waals surface area contributed by atoms with E-state index >= 15 is 0 Å². The Morgan fingerprint density at radius 3 is 2.52 bits per heavy atom. The van der Waals surface area contributed by atoms with Gasteiger partial charge in [-0.15, -0.1) is 12.4 Å². The van der Waals surface area contributed by atoms with Gasteiger partial charge in [0.1, 0.15) is 0 Å². The molecule has 0 radical (unpaired) electrons. The molecule has 5 heteroatoms. The molecule has 2 aliphatic rings. The Labute approximate surface area is 145 Å². The molecule has 23 heavy (non-hydrogen) atoms. The third-order valence-electron chi connectivity index (χ3n) is 5.13. The number of nitrogens with two attached hydrogens (primary N) is 1. The number of hydrogen-bond acceptors (Lipinski definition) is 3. The minimum atomic E-state index is 0. The highest BCUT2D eigenvalue weighted by Crippen LogP contribution is 2.31. The maximum Gasteiger partial charge on any atom is 0.234 e. The summed E-state index contributed by atoms with van der Waals surface area (Å²) in [5, 5.41) is 3.18. The molecular weight excluding hydrogens is 310 g/mol. The van der Waals surface area contributed by atoms with Crippen molar-refractivity contribution in [1.82, 2.24) is 10.2 Å². The summed E-state index contributed by atoms with van der Waals surface area (Å²) in [6.07, 6.45) is 4.79. The van der Waals surface area contributed by atoms with E-state index in [1.807, 2.05) is 6.07 Å². The first-order valence-corrected chi connectivity index (χ1v) is 8.53. The first kappa shape index (κ1) is 18.2. The lowest BCUT2D eigenvalue weighted by Gasteiger charge is -2.18. The molecule has 1 heterocycles. The van der Waals surface area contributed by atoms with Crippen LogP contribution < -0.4 is 11.1 Å². The van der Waals surface area contributed by atoms with Crippen molar-refractivity contribution in [1.29, 1.82) is 0 Å². The Morgan fingerprint density at radius 2 is 1.87 bits per heavy atom. The van der Waals surface area contributed by atoms with Gasteiger partial charge in [-0.3, -0.25) is 9.69 Å². The number of likely N-dealkylation sites (tertiary alicyclic amines) is 1. The van der Waals surface area contributed by atoms with Crippen LogP contribution >= 0.6 is 12.4 Å². The molecular formula is C18H28ClN3O. The van der Waals surface area contributed by atoms with Gasteiger partial charge >= 0.3 is 0 Å². The second-order valence-corrected chi connectivity index (χ2v) is 6.76. The van der Waals surface area contributed by atoms with Crippen molar-refractivity contribution in [2.75, 3.05) is 26.2 Å². The second kappa shape index (κ2) is 8.67. The lowest BCUT2D eigenvalue weighted by atomic mass is 9.89. The van der Waals surface area contributed by atoms with Crippen LogP contribution in [0, 0.1) is 5.92 Å². The molecule has 0 spiro atoms. The van der Waals surface area contributed by atoms with Crippen molar-refractivity contribution in [2.24, 2.45) is 11.7 Å². The van der Waals surface area contributed by atoms with E-state index in [1.54, 1.807) is 0 Å². The number of carbonyl (C=O) groups excluding carboxylic acids is 1. The maximum atomic E-state index is 12.2. The number of benzene rings is 1. The Bertz CT molecular complexity index is 490. The molecule has 4 nitrogen and oxygen atoms in total. The Hall–Kier alpha value is -1.10. The molecule has 1 amide bonds. The number of amides is 1. The van der Waals surface area contributed by atoms with E-state index in [0.29, 0.717) is 31.0 Å². The molecule has 3 rings (SSSR count). The van der Waals surface area contributed by atoms with Gasteiger partial charge in [0.25, 0.3) is 0 Å². The molecule has 128 valence electrons. The van der Waals surface area contributed by atoms with Crippen molar-refractivity contribution in [3.05, 3.63) is 35.9 Å². The Balaban J connectivity index is 0.00000192. The van der Waals surface area contributed by atoms with Crippen molar-refractivity contribution in [2.45, 2.75) is 37.6 Å². The van der Waals surface area contributed by atoms with Crippen LogP contribution in [0.3, 0.4) is 0 Å². The summed E-state index contributed by atoms with van der Waals surface area (Å²) in [5.41, 5.74) is 7.30. The van der Waals surface area contributed by atoms with Crippen LogP contribution in [-0.2, 0) is 4.79 Å². The molecule has 1 aliphatic heterocycles. The monoisotopic (exact) mass is 337 g/mol. The highest BCUT2D eigenvalue weighted by Gasteiger charge is 2.33. The van der Waals surface area contributed by atoms with Crippen LogP contribution in [0.4, 0.5) is 0 Å². The molecule has 3 N–H and O–H groups in total. The van der Waals surface area contributed by atoms with E-state index in [2.05, 4.69) is 34.5 Å². The van der Waals surface area contributed by atoms with Crippen molar-refractivity contribution < 1.29 is 4.79 Å². The molecule has 1 saturated heterocycles. The number of hydrogen-bond donors (Lipinski definition) is 2. The largest absolute Gasteiger partial charge is 0.352 e. The van der Waals surface area contributed by atoms with Gasteiger partial charge in [0.2, 0.25) is 5.91 Å². The van der Waals surface area contributed by atoms with Crippen LogP contribution in [-0.4, -0.2) is 43.0 Å². The average molecular weight is 338 g/mol. The third kappa shape index (κ3) is 4.69. The quantitative estimate of drug-likeness (QED) is 0.865. The summed E-state index contributed by atoms with van der Waals surface area (Å²) < 4.78 is 0. The van der Waals surface area contributed by atoms with Crippen molar-refractivity contribution >= 4 is 18.3 Å². The summed E-state index contributed by atoms with van der Waals surface area (Å²) in [4.78, 5) is 14.5. The normalized spacial score (nSPS) is 25.3. The third-order valence-corrected chi connectivity index (χ3v) is 5.13. The highest BCUT2D eigenvalue weighted by atomic mass is 35.5. The van der Waals surface area contributed by atoms with E-state index in [-0.39, 0.29) is 18.3 Å². The zero-order chi connectivity index (χ0) is 15.4. The summed E-state index contributed by atoms with van der Waals surface area (Å²) in [7, 11) is 0. The van der Waals surface area contributed by atoms with Gasteiger partial charge in [0, 0.05) is 25.0 Å². The van der Waals surface area contributed by atoms with Gasteiger partial charge in [-0.1, -0.05) is 43.2 Å². The summed E-state index contributed by atoms with van der Waals surface area (Å²) in [6, 6.07) is 11.0. The van der Waals surface area contributed by atoms with Gasteiger partial charge in [0.15, 0.2) is 0 Å². The Kier molecular flexibility index (Phi) is 6.88. The molecule has 1 aromatic carbocycles. The number of nitrogens with zero attached hydrogens (tertiary/aromatic N) is 1. The molecule has 2 atom stereocenters. The predicted octanol–water partition coefficient (Wildman–Crippen LogP) is 2.14. The van der Waals surface area contributed by atoms with E-state index in [0.717, 1.165) is 25.9 Å². The van der Waals surface area contributed by atoms with Crippen molar-refractivity contribution in [3.8, 4) is 0 Å². The van der Waals surface area contributed by atoms with Gasteiger partial charge in [-0.25, -0.2) is 0 Å². The van der Waals surface area contributed by atoms with Gasteiger partial charge in [-0.2, -0.15) is 0 Å². The second-order valence-electron chi connectivity index (χ2n) is 6.76. The van der Waals surface area contributed by atoms with Crippen LogP contribution in [0.2, 0.25) is 0 Å². The SMILES string of the molecule is Cl.NC[C@@H]1CN(CC(=O)NC2CCCC2)C[C@H]1c1ccccc1. The highest BCUT2D eigenvalue weighted by molar-refractivity contribution is 5.85.